The molecule has 0 amide bonds. The third-order valence-electron chi connectivity index (χ3n) is 5.73. The van der Waals surface area contributed by atoms with Crippen molar-refractivity contribution in [2.75, 3.05) is 6.26 Å². The molecule has 3 heterocycles. The van der Waals surface area contributed by atoms with Crippen LogP contribution in [0.4, 0.5) is 0 Å². The van der Waals surface area contributed by atoms with Crippen LogP contribution in [0.3, 0.4) is 0 Å². The second-order valence-corrected chi connectivity index (χ2v) is 8.96. The Bertz CT molecular complexity index is 1160. The molecule has 0 aromatic carbocycles. The van der Waals surface area contributed by atoms with Crippen LogP contribution in [0.15, 0.2) is 20.7 Å². The summed E-state index contributed by atoms with van der Waals surface area (Å²) in [7, 11) is -1.32. The van der Waals surface area contributed by atoms with Crippen LogP contribution in [-0.2, 0) is 10.8 Å². The van der Waals surface area contributed by atoms with Crippen molar-refractivity contribution in [3.8, 4) is 11.4 Å². The Labute approximate surface area is 163 Å². The van der Waals surface area contributed by atoms with Gasteiger partial charge in [-0.2, -0.15) is 4.98 Å². The van der Waals surface area contributed by atoms with Crippen molar-refractivity contribution in [1.29, 1.82) is 0 Å². The monoisotopic (exact) mass is 399 g/mol. The number of nitrogens with zero attached hydrogens (tertiary/aromatic N) is 5. The highest BCUT2D eigenvalue weighted by Gasteiger charge is 2.32. The minimum atomic E-state index is -1.32. The first-order valence-electron chi connectivity index (χ1n) is 9.64. The van der Waals surface area contributed by atoms with Gasteiger partial charge in [0.05, 0.1) is 16.4 Å². The van der Waals surface area contributed by atoms with Gasteiger partial charge >= 0.3 is 0 Å². The van der Waals surface area contributed by atoms with Crippen LogP contribution < -0.4 is 5.56 Å². The molecule has 0 aliphatic heterocycles. The van der Waals surface area contributed by atoms with Gasteiger partial charge in [0.25, 0.3) is 5.56 Å². The predicted molar refractivity (Wildman–Crippen MR) is 104 cm³/mol. The fraction of sp³-hybridized carbons (Fsp3) is 0.526. The SMILES string of the molecule is Cc1c(-c2noc(C3CC3)n2)c(=O)n(C2CCCC2)c2nc(S(C)=O)ncc12. The normalized spacial score (nSPS) is 18.8. The van der Waals surface area contributed by atoms with Gasteiger partial charge in [0.1, 0.15) is 5.65 Å². The van der Waals surface area contributed by atoms with Gasteiger partial charge in [-0.15, -0.1) is 0 Å². The van der Waals surface area contributed by atoms with Gasteiger partial charge in [0, 0.05) is 29.8 Å². The molecule has 0 N–H and O–H groups in total. The second-order valence-electron chi connectivity index (χ2n) is 7.69. The van der Waals surface area contributed by atoms with Gasteiger partial charge in [-0.05, 0) is 38.2 Å². The van der Waals surface area contributed by atoms with Crippen molar-refractivity contribution < 1.29 is 8.73 Å². The third kappa shape index (κ3) is 2.80. The predicted octanol–water partition coefficient (Wildman–Crippen LogP) is 2.88. The largest absolute Gasteiger partial charge is 0.339 e. The number of hydrogen-bond acceptors (Lipinski definition) is 7. The zero-order valence-electron chi connectivity index (χ0n) is 15.8. The zero-order chi connectivity index (χ0) is 19.4. The van der Waals surface area contributed by atoms with E-state index in [0.717, 1.165) is 49.5 Å². The lowest BCUT2D eigenvalue weighted by Gasteiger charge is -2.19. The molecule has 1 unspecified atom stereocenters. The van der Waals surface area contributed by atoms with Crippen molar-refractivity contribution in [1.82, 2.24) is 24.7 Å². The fourth-order valence-corrected chi connectivity index (χ4v) is 4.47. The topological polar surface area (TPSA) is 104 Å². The molecule has 1 atom stereocenters. The Morgan fingerprint density at radius 3 is 2.61 bits per heavy atom. The summed E-state index contributed by atoms with van der Waals surface area (Å²) in [5.41, 5.74) is 1.56. The van der Waals surface area contributed by atoms with E-state index in [4.69, 9.17) is 4.52 Å². The highest BCUT2D eigenvalue weighted by molar-refractivity contribution is 7.84. The Balaban J connectivity index is 1.79. The molecule has 0 bridgehead atoms. The van der Waals surface area contributed by atoms with E-state index >= 15 is 0 Å². The molecule has 8 nitrogen and oxygen atoms in total. The average Bonchev–Trinajstić information content (AvgIpc) is 3.17. The third-order valence-corrected chi connectivity index (χ3v) is 6.44. The molecule has 0 saturated heterocycles. The lowest BCUT2D eigenvalue weighted by molar-refractivity contribution is 0.380. The molecule has 28 heavy (non-hydrogen) atoms. The Morgan fingerprint density at radius 2 is 1.93 bits per heavy atom. The van der Waals surface area contributed by atoms with Gasteiger partial charge in [-0.1, -0.05) is 18.0 Å². The number of aromatic nitrogens is 5. The molecule has 5 rings (SSSR count). The molecule has 2 saturated carbocycles. The number of aryl methyl sites for hydroxylation is 1. The number of hydrogen-bond donors (Lipinski definition) is 0. The molecule has 3 aromatic rings. The van der Waals surface area contributed by atoms with E-state index < -0.39 is 10.8 Å². The van der Waals surface area contributed by atoms with Crippen molar-refractivity contribution in [2.45, 2.75) is 62.6 Å². The number of fused-ring (bicyclic) bond motifs is 1. The van der Waals surface area contributed by atoms with E-state index in [1.807, 2.05) is 6.92 Å². The number of pyridine rings is 1. The van der Waals surface area contributed by atoms with Crippen LogP contribution in [0.5, 0.6) is 0 Å². The molecule has 0 radical (unpaired) electrons. The summed E-state index contributed by atoms with van der Waals surface area (Å²) in [6.45, 7) is 1.86. The van der Waals surface area contributed by atoms with Gasteiger partial charge in [0.15, 0.2) is 0 Å². The van der Waals surface area contributed by atoms with Gasteiger partial charge in [-0.25, -0.2) is 9.97 Å². The lowest BCUT2D eigenvalue weighted by atomic mass is 10.1. The van der Waals surface area contributed by atoms with E-state index in [2.05, 4.69) is 20.1 Å². The van der Waals surface area contributed by atoms with Crippen molar-refractivity contribution >= 4 is 21.8 Å². The maximum absolute atomic E-state index is 13.6. The van der Waals surface area contributed by atoms with E-state index in [1.54, 1.807) is 17.0 Å². The molecule has 3 aromatic heterocycles. The van der Waals surface area contributed by atoms with E-state index in [1.165, 1.54) is 0 Å². The average molecular weight is 399 g/mol. The summed E-state index contributed by atoms with van der Waals surface area (Å²) < 4.78 is 19.1. The Morgan fingerprint density at radius 1 is 1.18 bits per heavy atom. The standard InChI is InChI=1S/C19H21N5O3S/c1-10-13-9-20-19(28(2)26)22-16(13)24(12-5-3-4-6-12)18(25)14(10)15-21-17(27-23-15)11-7-8-11/h9,11-12H,3-8H2,1-2H3. The molecule has 2 fully saturated rings. The maximum Gasteiger partial charge on any atom is 0.263 e. The summed E-state index contributed by atoms with van der Waals surface area (Å²) in [6.07, 6.45) is 9.30. The van der Waals surface area contributed by atoms with E-state index in [0.29, 0.717) is 28.8 Å². The van der Waals surface area contributed by atoms with E-state index in [9.17, 15) is 9.00 Å². The highest BCUT2D eigenvalue weighted by atomic mass is 32.2. The first-order valence-corrected chi connectivity index (χ1v) is 11.2. The first-order chi connectivity index (χ1) is 13.5. The quantitative estimate of drug-likeness (QED) is 0.621. The minimum Gasteiger partial charge on any atom is -0.339 e. The Hall–Kier alpha value is -2.42. The molecular weight excluding hydrogens is 378 g/mol. The lowest BCUT2D eigenvalue weighted by Crippen LogP contribution is -2.27. The van der Waals surface area contributed by atoms with Gasteiger partial charge in [-0.3, -0.25) is 13.6 Å². The van der Waals surface area contributed by atoms with Crippen molar-refractivity contribution in [3.63, 3.8) is 0 Å². The van der Waals surface area contributed by atoms with Crippen LogP contribution in [0, 0.1) is 6.92 Å². The second kappa shape index (κ2) is 6.58. The highest BCUT2D eigenvalue weighted by Crippen LogP contribution is 2.40. The van der Waals surface area contributed by atoms with Crippen LogP contribution in [-0.4, -0.2) is 35.1 Å². The molecule has 2 aliphatic rings. The minimum absolute atomic E-state index is 0.0668. The van der Waals surface area contributed by atoms with Crippen molar-refractivity contribution in [2.24, 2.45) is 0 Å². The summed E-state index contributed by atoms with van der Waals surface area (Å²) in [5.74, 6) is 1.26. The fourth-order valence-electron chi connectivity index (χ4n) is 4.05. The van der Waals surface area contributed by atoms with Crippen LogP contribution in [0.2, 0.25) is 0 Å². The van der Waals surface area contributed by atoms with Crippen molar-refractivity contribution in [3.05, 3.63) is 28.0 Å². The Kier molecular flexibility index (Phi) is 4.15. The number of rotatable bonds is 4. The molecule has 146 valence electrons. The van der Waals surface area contributed by atoms with Crippen LogP contribution >= 0.6 is 0 Å². The maximum atomic E-state index is 13.6. The molecular formula is C19H21N5O3S. The smallest absolute Gasteiger partial charge is 0.263 e. The van der Waals surface area contributed by atoms with Crippen LogP contribution in [0.1, 0.15) is 61.9 Å². The molecule has 0 spiro atoms. The first kappa shape index (κ1) is 17.7. The van der Waals surface area contributed by atoms with Gasteiger partial charge in [0.2, 0.25) is 16.9 Å². The summed E-state index contributed by atoms with van der Waals surface area (Å²) in [6, 6.07) is 0.0668. The van der Waals surface area contributed by atoms with E-state index in [-0.39, 0.29) is 16.8 Å². The van der Waals surface area contributed by atoms with Crippen LogP contribution in [0.25, 0.3) is 22.4 Å². The summed E-state index contributed by atoms with van der Waals surface area (Å²) in [4.78, 5) is 26.8. The summed E-state index contributed by atoms with van der Waals surface area (Å²) >= 11 is 0. The summed E-state index contributed by atoms with van der Waals surface area (Å²) in [5, 5.41) is 5.10. The molecule has 2 aliphatic carbocycles. The zero-order valence-corrected chi connectivity index (χ0v) is 16.7. The van der Waals surface area contributed by atoms with Gasteiger partial charge < -0.3 is 4.52 Å². The molecule has 9 heteroatoms.